The highest BCUT2D eigenvalue weighted by molar-refractivity contribution is 5.87. The van der Waals surface area contributed by atoms with E-state index < -0.39 is 0 Å². The van der Waals surface area contributed by atoms with Gasteiger partial charge in [0.05, 0.1) is 36.8 Å². The lowest BCUT2D eigenvalue weighted by molar-refractivity contribution is -0.634. The van der Waals surface area contributed by atoms with Gasteiger partial charge in [0.25, 0.3) is 0 Å². The zero-order valence-electron chi connectivity index (χ0n) is 20.9. The summed E-state index contributed by atoms with van der Waals surface area (Å²) in [6.45, 7) is 8.20. The molecule has 1 atom stereocenters. The smallest absolute Gasteiger partial charge is 0.223 e. The molecular formula is C28H33N2O4+. The number of rotatable bonds is 4. The number of fused-ring (bicyclic) bond motifs is 4. The van der Waals surface area contributed by atoms with Gasteiger partial charge in [0.2, 0.25) is 11.2 Å². The summed E-state index contributed by atoms with van der Waals surface area (Å²) in [5, 5.41) is 1.08. The van der Waals surface area contributed by atoms with Gasteiger partial charge in [-0.25, -0.2) is 0 Å². The Morgan fingerprint density at radius 2 is 1.82 bits per heavy atom. The summed E-state index contributed by atoms with van der Waals surface area (Å²) in [5.74, 6) is 2.75. The van der Waals surface area contributed by atoms with E-state index in [2.05, 4.69) is 40.8 Å². The van der Waals surface area contributed by atoms with Crippen LogP contribution in [-0.2, 0) is 18.4 Å². The average Bonchev–Trinajstić information content (AvgIpc) is 3.31. The molecule has 0 N–H and O–H groups in total. The first-order chi connectivity index (χ1) is 16.2. The summed E-state index contributed by atoms with van der Waals surface area (Å²) in [7, 11) is 5.39. The molecule has 0 spiro atoms. The molecular weight excluding hydrogens is 428 g/mol. The van der Waals surface area contributed by atoms with Crippen molar-refractivity contribution in [3.8, 4) is 28.5 Å². The number of carbonyl (C=O) groups excluding carboxylic acids is 1. The number of Topliss-reactive ketones (excluding diaryl/α,β-unsaturated/α-hetero) is 1. The van der Waals surface area contributed by atoms with Gasteiger partial charge in [-0.3, -0.25) is 4.79 Å². The van der Waals surface area contributed by atoms with Gasteiger partial charge in [-0.2, -0.15) is 4.57 Å². The number of pyridine rings is 1. The monoisotopic (exact) mass is 461 g/mol. The Kier molecular flexibility index (Phi) is 5.42. The first-order valence-corrected chi connectivity index (χ1v) is 11.9. The van der Waals surface area contributed by atoms with E-state index >= 15 is 0 Å². The van der Waals surface area contributed by atoms with Crippen LogP contribution in [0.3, 0.4) is 0 Å². The number of benzene rings is 2. The molecule has 0 radical (unpaired) electrons. The van der Waals surface area contributed by atoms with Crippen LogP contribution in [0.2, 0.25) is 0 Å². The fourth-order valence-corrected chi connectivity index (χ4v) is 5.35. The SMILES string of the molecule is COc1cc2cc3c([n+](C)c2cc1OC)-c1ccc(N2CCC(C(=O)C(C)(C)C)C2)cc1OC3. The third kappa shape index (κ3) is 3.65. The van der Waals surface area contributed by atoms with Crippen molar-refractivity contribution in [1.82, 2.24) is 0 Å². The second kappa shape index (κ2) is 8.19. The molecule has 34 heavy (non-hydrogen) atoms. The fraction of sp³-hybridized carbons (Fsp3) is 0.429. The summed E-state index contributed by atoms with van der Waals surface area (Å²) >= 11 is 0. The quantitative estimate of drug-likeness (QED) is 0.528. The molecule has 3 aromatic rings. The third-order valence-electron chi connectivity index (χ3n) is 7.13. The number of hydrogen-bond donors (Lipinski definition) is 0. The van der Waals surface area contributed by atoms with Crippen LogP contribution in [0, 0.1) is 11.3 Å². The van der Waals surface area contributed by atoms with E-state index in [1.165, 1.54) is 0 Å². The number of nitrogens with zero attached hydrogens (tertiary/aromatic N) is 2. The number of aromatic nitrogens is 1. The maximum Gasteiger partial charge on any atom is 0.223 e. The maximum atomic E-state index is 12.8. The highest BCUT2D eigenvalue weighted by atomic mass is 16.5. The Morgan fingerprint density at radius 3 is 2.53 bits per heavy atom. The lowest BCUT2D eigenvalue weighted by Crippen LogP contribution is -2.35. The van der Waals surface area contributed by atoms with E-state index in [1.54, 1.807) is 14.2 Å². The highest BCUT2D eigenvalue weighted by Crippen LogP contribution is 2.41. The van der Waals surface area contributed by atoms with Crippen molar-refractivity contribution in [2.24, 2.45) is 18.4 Å². The number of hydrogen-bond acceptors (Lipinski definition) is 5. The van der Waals surface area contributed by atoms with Crippen LogP contribution in [0.15, 0.2) is 36.4 Å². The summed E-state index contributed by atoms with van der Waals surface area (Å²) in [6.07, 6.45) is 0.906. The van der Waals surface area contributed by atoms with Crippen molar-refractivity contribution in [3.63, 3.8) is 0 Å². The Hall–Kier alpha value is -3.28. The van der Waals surface area contributed by atoms with Crippen LogP contribution < -0.4 is 23.7 Å². The van der Waals surface area contributed by atoms with Crippen LogP contribution in [-0.4, -0.2) is 33.1 Å². The summed E-state index contributed by atoms with van der Waals surface area (Å²) < 4.78 is 19.5. The van der Waals surface area contributed by atoms with Gasteiger partial charge in [0.1, 0.15) is 25.2 Å². The molecule has 1 aromatic heterocycles. The highest BCUT2D eigenvalue weighted by Gasteiger charge is 2.35. The third-order valence-corrected chi connectivity index (χ3v) is 7.13. The van der Waals surface area contributed by atoms with Gasteiger partial charge >= 0.3 is 0 Å². The van der Waals surface area contributed by atoms with Crippen LogP contribution >= 0.6 is 0 Å². The average molecular weight is 462 g/mol. The van der Waals surface area contributed by atoms with Gasteiger partial charge in [-0.1, -0.05) is 20.8 Å². The van der Waals surface area contributed by atoms with Crippen molar-refractivity contribution < 1.29 is 23.6 Å². The molecule has 1 fully saturated rings. The molecule has 0 saturated carbocycles. The topological polar surface area (TPSA) is 51.9 Å². The standard InChI is InChI=1S/C28H33N2O4/c1-28(2,3)27(31)17-9-10-30(15-17)20-7-8-21-23(13-20)34-16-19-11-18-12-24(32-5)25(33-6)14-22(18)29(4)26(19)21/h7-8,11-14,17H,9-10,15-16H2,1-6H3/q+1. The molecule has 1 saturated heterocycles. The normalized spacial score (nSPS) is 17.2. The first-order valence-electron chi connectivity index (χ1n) is 11.9. The molecule has 3 heterocycles. The van der Waals surface area contributed by atoms with Crippen molar-refractivity contribution >= 4 is 22.4 Å². The molecule has 2 aromatic carbocycles. The number of carbonyl (C=O) groups is 1. The van der Waals surface area contributed by atoms with E-state index in [0.29, 0.717) is 23.9 Å². The van der Waals surface area contributed by atoms with Crippen molar-refractivity contribution in [3.05, 3.63) is 42.0 Å². The molecule has 6 heteroatoms. The number of methoxy groups -OCH3 is 2. The molecule has 5 rings (SSSR count). The van der Waals surface area contributed by atoms with E-state index in [4.69, 9.17) is 14.2 Å². The minimum atomic E-state index is -0.298. The number of aryl methyl sites for hydroxylation is 1. The Morgan fingerprint density at radius 1 is 1.09 bits per heavy atom. The van der Waals surface area contributed by atoms with Crippen LogP contribution in [0.1, 0.15) is 32.8 Å². The van der Waals surface area contributed by atoms with Crippen LogP contribution in [0.4, 0.5) is 5.69 Å². The van der Waals surface area contributed by atoms with Gasteiger partial charge in [0.15, 0.2) is 11.5 Å². The minimum absolute atomic E-state index is 0.0915. The van der Waals surface area contributed by atoms with E-state index in [0.717, 1.165) is 58.7 Å². The van der Waals surface area contributed by atoms with Crippen LogP contribution in [0.5, 0.6) is 17.2 Å². The largest absolute Gasteiger partial charge is 0.493 e. The van der Waals surface area contributed by atoms with Gasteiger partial charge in [-0.15, -0.1) is 0 Å². The first kappa shape index (κ1) is 22.5. The van der Waals surface area contributed by atoms with Crippen molar-refractivity contribution in [2.45, 2.75) is 33.8 Å². The second-order valence-electron chi connectivity index (χ2n) is 10.4. The Labute approximate surface area is 201 Å². The molecule has 0 bridgehead atoms. The van der Waals surface area contributed by atoms with E-state index in [1.807, 2.05) is 32.9 Å². The Bertz CT molecular complexity index is 1290. The zero-order chi connectivity index (χ0) is 24.2. The lowest BCUT2D eigenvalue weighted by Gasteiger charge is -2.25. The van der Waals surface area contributed by atoms with Gasteiger partial charge in [0, 0.05) is 36.2 Å². The molecule has 0 aliphatic carbocycles. The maximum absolute atomic E-state index is 12.8. The number of anilines is 1. The molecule has 1 unspecified atom stereocenters. The second-order valence-corrected chi connectivity index (χ2v) is 10.4. The minimum Gasteiger partial charge on any atom is -0.493 e. The molecule has 2 aliphatic rings. The Balaban J connectivity index is 1.51. The fourth-order valence-electron chi connectivity index (χ4n) is 5.35. The lowest BCUT2D eigenvalue weighted by atomic mass is 9.83. The summed E-state index contributed by atoms with van der Waals surface area (Å²) in [6, 6.07) is 12.6. The summed E-state index contributed by atoms with van der Waals surface area (Å²) in [5.41, 5.74) is 5.24. The van der Waals surface area contributed by atoms with E-state index in [9.17, 15) is 4.79 Å². The van der Waals surface area contributed by atoms with Gasteiger partial charge in [-0.05, 0) is 30.7 Å². The van der Waals surface area contributed by atoms with Crippen molar-refractivity contribution in [1.29, 1.82) is 0 Å². The van der Waals surface area contributed by atoms with Gasteiger partial charge < -0.3 is 19.1 Å². The van der Waals surface area contributed by atoms with Crippen molar-refractivity contribution in [2.75, 3.05) is 32.2 Å². The predicted octanol–water partition coefficient (Wildman–Crippen LogP) is 4.68. The van der Waals surface area contributed by atoms with E-state index in [-0.39, 0.29) is 11.3 Å². The number of ketones is 1. The number of ether oxygens (including phenoxy) is 3. The summed E-state index contributed by atoms with van der Waals surface area (Å²) in [4.78, 5) is 15.1. The molecule has 2 aliphatic heterocycles. The molecule has 6 nitrogen and oxygen atoms in total. The zero-order valence-corrected chi connectivity index (χ0v) is 20.9. The molecule has 178 valence electrons. The van der Waals surface area contributed by atoms with Crippen LogP contribution in [0.25, 0.3) is 22.2 Å². The molecule has 0 amide bonds. The predicted molar refractivity (Wildman–Crippen MR) is 133 cm³/mol.